The van der Waals surface area contributed by atoms with Crippen LogP contribution in [0.3, 0.4) is 0 Å². The van der Waals surface area contributed by atoms with Crippen LogP contribution in [0.1, 0.15) is 18.9 Å². The smallest absolute Gasteiger partial charge is 0.264 e. The average molecular weight is 597 g/mol. The molecule has 0 aliphatic heterocycles. The molecule has 3 aromatic rings. The number of rotatable bonds is 11. The SMILES string of the molecule is CC[C@H](C(=O)NC)N(Cc1ccc(Cl)c(Cl)c1)C(=O)CN(c1ccc(F)cc1)S(=O)(=O)c1ccc(OC)cc1. The summed E-state index contributed by atoms with van der Waals surface area (Å²) in [5.74, 6) is -1.20. The van der Waals surface area contributed by atoms with Gasteiger partial charge < -0.3 is 15.0 Å². The first kappa shape index (κ1) is 30.2. The molecule has 0 radical (unpaired) electrons. The lowest BCUT2D eigenvalue weighted by atomic mass is 10.1. The molecule has 0 aliphatic carbocycles. The minimum Gasteiger partial charge on any atom is -0.497 e. The van der Waals surface area contributed by atoms with E-state index in [9.17, 15) is 22.4 Å². The van der Waals surface area contributed by atoms with Crippen LogP contribution in [-0.4, -0.2) is 51.9 Å². The second-order valence-corrected chi connectivity index (χ2v) is 11.1. The van der Waals surface area contributed by atoms with Crippen LogP contribution in [0.5, 0.6) is 5.75 Å². The van der Waals surface area contributed by atoms with Gasteiger partial charge in [-0.3, -0.25) is 13.9 Å². The van der Waals surface area contributed by atoms with Gasteiger partial charge in [-0.1, -0.05) is 36.2 Å². The van der Waals surface area contributed by atoms with Crippen molar-refractivity contribution >= 4 is 50.7 Å². The molecule has 0 fully saturated rings. The lowest BCUT2D eigenvalue weighted by Gasteiger charge is -2.33. The van der Waals surface area contributed by atoms with Crippen molar-refractivity contribution in [3.63, 3.8) is 0 Å². The predicted octanol–water partition coefficient (Wildman–Crippen LogP) is 4.89. The zero-order valence-corrected chi connectivity index (χ0v) is 23.9. The number of sulfonamides is 1. The molecule has 0 bridgehead atoms. The molecule has 0 unspecified atom stereocenters. The maximum Gasteiger partial charge on any atom is 0.264 e. The molecule has 3 rings (SSSR count). The molecule has 3 aromatic carbocycles. The summed E-state index contributed by atoms with van der Waals surface area (Å²) in [6.07, 6.45) is 0.258. The fourth-order valence-corrected chi connectivity index (χ4v) is 5.67. The van der Waals surface area contributed by atoms with Crippen molar-refractivity contribution in [1.29, 1.82) is 0 Å². The highest BCUT2D eigenvalue weighted by Gasteiger charge is 2.33. The number of nitrogens with zero attached hydrogens (tertiary/aromatic N) is 2. The number of ether oxygens (including phenoxy) is 1. The van der Waals surface area contributed by atoms with Gasteiger partial charge in [0, 0.05) is 13.6 Å². The van der Waals surface area contributed by atoms with Crippen molar-refractivity contribution in [2.75, 3.05) is 25.0 Å². The van der Waals surface area contributed by atoms with Crippen molar-refractivity contribution in [3.05, 3.63) is 88.2 Å². The summed E-state index contributed by atoms with van der Waals surface area (Å²) >= 11 is 12.2. The van der Waals surface area contributed by atoms with Gasteiger partial charge in [-0.2, -0.15) is 0 Å². The number of hydrogen-bond donors (Lipinski definition) is 1. The largest absolute Gasteiger partial charge is 0.497 e. The van der Waals surface area contributed by atoms with Gasteiger partial charge in [0.25, 0.3) is 10.0 Å². The van der Waals surface area contributed by atoms with Gasteiger partial charge in [0.15, 0.2) is 0 Å². The number of benzene rings is 3. The van der Waals surface area contributed by atoms with E-state index in [0.717, 1.165) is 16.4 Å². The lowest BCUT2D eigenvalue weighted by Crippen LogP contribution is -2.51. The van der Waals surface area contributed by atoms with Crippen LogP contribution in [0.25, 0.3) is 0 Å². The molecular weight excluding hydrogens is 568 g/mol. The lowest BCUT2D eigenvalue weighted by molar-refractivity contribution is -0.140. The van der Waals surface area contributed by atoms with Crippen LogP contribution in [0, 0.1) is 5.82 Å². The third-order valence-corrected chi connectivity index (χ3v) is 8.54. The Morgan fingerprint density at radius 2 is 1.64 bits per heavy atom. The normalized spacial score (nSPS) is 11.9. The standard InChI is InChI=1S/C27H28Cl2FN3O5S/c1-4-25(27(35)31-2)32(16-18-5-14-23(28)24(29)15-18)26(34)17-33(20-8-6-19(30)7-9-20)39(36,37)22-12-10-21(38-3)11-13-22/h5-15,25H,4,16-17H2,1-3H3,(H,31,35)/t25-/m1/s1. The van der Waals surface area contributed by atoms with E-state index in [0.29, 0.717) is 16.3 Å². The first-order valence-electron chi connectivity index (χ1n) is 11.9. The van der Waals surface area contributed by atoms with E-state index in [2.05, 4.69) is 5.32 Å². The Balaban J connectivity index is 2.06. The van der Waals surface area contributed by atoms with E-state index >= 15 is 0 Å². The van der Waals surface area contributed by atoms with Crippen LogP contribution < -0.4 is 14.4 Å². The third-order valence-electron chi connectivity index (χ3n) is 6.01. The molecule has 208 valence electrons. The first-order valence-corrected chi connectivity index (χ1v) is 14.1. The molecule has 0 aromatic heterocycles. The van der Waals surface area contributed by atoms with E-state index in [1.54, 1.807) is 25.1 Å². The summed E-state index contributed by atoms with van der Waals surface area (Å²) in [5.41, 5.74) is 0.662. The van der Waals surface area contributed by atoms with Crippen LogP contribution >= 0.6 is 23.2 Å². The molecule has 2 amide bonds. The van der Waals surface area contributed by atoms with Crippen LogP contribution in [0.15, 0.2) is 71.6 Å². The van der Waals surface area contributed by atoms with Gasteiger partial charge >= 0.3 is 0 Å². The molecule has 1 N–H and O–H groups in total. The molecule has 0 heterocycles. The topological polar surface area (TPSA) is 96.0 Å². The van der Waals surface area contributed by atoms with E-state index < -0.39 is 40.2 Å². The zero-order valence-electron chi connectivity index (χ0n) is 21.5. The summed E-state index contributed by atoms with van der Waals surface area (Å²) in [6, 6.07) is 14.3. The Kier molecular flexibility index (Phi) is 10.2. The van der Waals surface area contributed by atoms with Crippen molar-refractivity contribution in [2.24, 2.45) is 0 Å². The van der Waals surface area contributed by atoms with Crippen molar-refractivity contribution < 1.29 is 27.1 Å². The third kappa shape index (κ3) is 7.20. The van der Waals surface area contributed by atoms with Crippen molar-refractivity contribution in [3.8, 4) is 5.75 Å². The fourth-order valence-electron chi connectivity index (χ4n) is 3.93. The quantitative estimate of drug-likeness (QED) is 0.340. The molecule has 0 aliphatic rings. The Hall–Kier alpha value is -3.34. The molecule has 8 nitrogen and oxygen atoms in total. The van der Waals surface area contributed by atoms with E-state index in [1.165, 1.54) is 55.5 Å². The number of methoxy groups -OCH3 is 1. The minimum atomic E-state index is -4.30. The van der Waals surface area contributed by atoms with Crippen LogP contribution in [0.4, 0.5) is 10.1 Å². The summed E-state index contributed by atoms with van der Waals surface area (Å²) in [4.78, 5) is 27.8. The highest BCUT2D eigenvalue weighted by molar-refractivity contribution is 7.92. The maximum atomic E-state index is 13.8. The molecule has 39 heavy (non-hydrogen) atoms. The summed E-state index contributed by atoms with van der Waals surface area (Å²) in [5, 5.41) is 3.14. The predicted molar refractivity (Wildman–Crippen MR) is 149 cm³/mol. The molecule has 0 saturated carbocycles. The summed E-state index contributed by atoms with van der Waals surface area (Å²) in [7, 11) is -1.39. The highest BCUT2D eigenvalue weighted by atomic mass is 35.5. The number of carbonyl (C=O) groups is 2. The van der Waals surface area contributed by atoms with Gasteiger partial charge in [-0.15, -0.1) is 0 Å². The number of carbonyl (C=O) groups excluding carboxylic acids is 2. The van der Waals surface area contributed by atoms with Crippen molar-refractivity contribution in [2.45, 2.75) is 30.8 Å². The first-order chi connectivity index (χ1) is 18.5. The summed E-state index contributed by atoms with van der Waals surface area (Å²) < 4.78 is 47.2. The molecular formula is C27H28Cl2FN3O5S. The van der Waals surface area contributed by atoms with Gasteiger partial charge in [-0.05, 0) is 72.6 Å². The van der Waals surface area contributed by atoms with E-state index in [1.807, 2.05) is 0 Å². The molecule has 0 saturated heterocycles. The Labute approximate surface area is 237 Å². The monoisotopic (exact) mass is 595 g/mol. The molecule has 12 heteroatoms. The maximum absolute atomic E-state index is 13.8. The van der Waals surface area contributed by atoms with Gasteiger partial charge in [-0.25, -0.2) is 12.8 Å². The van der Waals surface area contributed by atoms with E-state index in [-0.39, 0.29) is 28.6 Å². The Morgan fingerprint density at radius 3 is 2.18 bits per heavy atom. The van der Waals surface area contributed by atoms with Gasteiger partial charge in [0.05, 0.1) is 27.7 Å². The average Bonchev–Trinajstić information content (AvgIpc) is 2.93. The summed E-state index contributed by atoms with van der Waals surface area (Å²) in [6.45, 7) is 1.04. The fraction of sp³-hybridized carbons (Fsp3) is 0.259. The van der Waals surface area contributed by atoms with Gasteiger partial charge in [0.2, 0.25) is 11.8 Å². The van der Waals surface area contributed by atoms with Crippen LogP contribution in [0.2, 0.25) is 10.0 Å². The van der Waals surface area contributed by atoms with E-state index in [4.69, 9.17) is 27.9 Å². The molecule has 1 atom stereocenters. The second-order valence-electron chi connectivity index (χ2n) is 8.47. The number of amides is 2. The highest BCUT2D eigenvalue weighted by Crippen LogP contribution is 2.27. The van der Waals surface area contributed by atoms with Gasteiger partial charge in [0.1, 0.15) is 24.2 Å². The Bertz CT molecular complexity index is 1420. The number of anilines is 1. The second kappa shape index (κ2) is 13.1. The number of halogens is 3. The molecule has 0 spiro atoms. The van der Waals surface area contributed by atoms with Crippen molar-refractivity contribution in [1.82, 2.24) is 10.2 Å². The number of hydrogen-bond acceptors (Lipinski definition) is 5. The minimum absolute atomic E-state index is 0.0402. The van der Waals surface area contributed by atoms with Crippen LogP contribution in [-0.2, 0) is 26.2 Å². The number of nitrogens with one attached hydrogen (secondary N) is 1. The zero-order chi connectivity index (χ0) is 28.7. The Morgan fingerprint density at radius 1 is 1.00 bits per heavy atom. The number of likely N-dealkylation sites (N-methyl/N-ethyl adjacent to an activating group) is 1.